The molecular weight excluding hydrogens is 160 g/mol. The maximum absolute atomic E-state index is 5.90. The van der Waals surface area contributed by atoms with E-state index in [2.05, 4.69) is 24.9 Å². The van der Waals surface area contributed by atoms with E-state index in [4.69, 9.17) is 5.73 Å². The van der Waals surface area contributed by atoms with E-state index in [1.165, 1.54) is 11.1 Å². The van der Waals surface area contributed by atoms with Crippen LogP contribution < -0.4 is 5.73 Å². The van der Waals surface area contributed by atoms with Gasteiger partial charge in [0.05, 0.1) is 5.54 Å². The molecule has 2 N–H and O–H groups in total. The van der Waals surface area contributed by atoms with Gasteiger partial charge in [-0.15, -0.1) is 0 Å². The van der Waals surface area contributed by atoms with Gasteiger partial charge in [0.25, 0.3) is 0 Å². The van der Waals surface area contributed by atoms with Crippen LogP contribution in [-0.2, 0) is 6.42 Å². The van der Waals surface area contributed by atoms with Gasteiger partial charge in [0, 0.05) is 11.9 Å². The molecule has 0 aliphatic carbocycles. The molecule has 0 bridgehead atoms. The van der Waals surface area contributed by atoms with E-state index in [1.807, 2.05) is 18.3 Å². The van der Waals surface area contributed by atoms with Crippen LogP contribution in [0.25, 0.3) is 0 Å². The van der Waals surface area contributed by atoms with Crippen molar-refractivity contribution in [3.05, 3.63) is 29.3 Å². The fourth-order valence-electron chi connectivity index (χ4n) is 1.67. The number of benzene rings is 1. The van der Waals surface area contributed by atoms with Gasteiger partial charge < -0.3 is 5.73 Å². The van der Waals surface area contributed by atoms with E-state index < -0.39 is 0 Å². The van der Waals surface area contributed by atoms with Crippen molar-refractivity contribution >= 4 is 11.9 Å². The smallest absolute Gasteiger partial charge is 0.0593 e. The largest absolute Gasteiger partial charge is 0.398 e. The molecular formula is C11H14N2. The number of hydrogen-bond acceptors (Lipinski definition) is 2. The normalized spacial score (nSPS) is 18.3. The summed E-state index contributed by atoms with van der Waals surface area (Å²) in [6.45, 7) is 4.25. The fraction of sp³-hybridized carbons (Fsp3) is 0.364. The maximum Gasteiger partial charge on any atom is 0.0593 e. The van der Waals surface area contributed by atoms with Crippen molar-refractivity contribution in [1.82, 2.24) is 0 Å². The summed E-state index contributed by atoms with van der Waals surface area (Å²) in [5.41, 5.74) is 9.19. The first-order valence-electron chi connectivity index (χ1n) is 4.51. The zero-order valence-electron chi connectivity index (χ0n) is 8.04. The molecule has 0 unspecified atom stereocenters. The van der Waals surface area contributed by atoms with E-state index in [9.17, 15) is 0 Å². The SMILES string of the molecule is CC1(C)Cc2c(N)cccc2C=N1. The highest BCUT2D eigenvalue weighted by molar-refractivity contribution is 5.86. The highest BCUT2D eigenvalue weighted by Crippen LogP contribution is 2.27. The topological polar surface area (TPSA) is 38.4 Å². The lowest BCUT2D eigenvalue weighted by molar-refractivity contribution is 0.517. The Kier molecular flexibility index (Phi) is 1.65. The second-order valence-electron chi connectivity index (χ2n) is 4.16. The first kappa shape index (κ1) is 8.30. The van der Waals surface area contributed by atoms with Gasteiger partial charge in [-0.25, -0.2) is 0 Å². The molecule has 1 heterocycles. The van der Waals surface area contributed by atoms with Crippen molar-refractivity contribution in [1.29, 1.82) is 0 Å². The molecule has 0 saturated carbocycles. The quantitative estimate of drug-likeness (QED) is 0.600. The minimum atomic E-state index is 0.00245. The molecule has 0 spiro atoms. The molecule has 1 aromatic carbocycles. The average molecular weight is 174 g/mol. The summed E-state index contributed by atoms with van der Waals surface area (Å²) < 4.78 is 0. The third kappa shape index (κ3) is 1.44. The number of aliphatic imine (C=N–C) groups is 1. The lowest BCUT2D eigenvalue weighted by atomic mass is 9.89. The minimum Gasteiger partial charge on any atom is -0.398 e. The summed E-state index contributed by atoms with van der Waals surface area (Å²) in [4.78, 5) is 4.46. The molecule has 1 aromatic rings. The van der Waals surface area contributed by atoms with E-state index in [1.54, 1.807) is 0 Å². The van der Waals surface area contributed by atoms with Crippen LogP contribution in [0, 0.1) is 0 Å². The summed E-state index contributed by atoms with van der Waals surface area (Å²) in [6.07, 6.45) is 2.86. The molecule has 1 aliphatic heterocycles. The molecule has 0 radical (unpaired) electrons. The van der Waals surface area contributed by atoms with Crippen LogP contribution in [0.4, 0.5) is 5.69 Å². The van der Waals surface area contributed by atoms with E-state index in [0.717, 1.165) is 12.1 Å². The van der Waals surface area contributed by atoms with Crippen molar-refractivity contribution in [2.24, 2.45) is 4.99 Å². The van der Waals surface area contributed by atoms with E-state index >= 15 is 0 Å². The van der Waals surface area contributed by atoms with Gasteiger partial charge in [-0.1, -0.05) is 12.1 Å². The van der Waals surface area contributed by atoms with E-state index in [-0.39, 0.29) is 5.54 Å². The van der Waals surface area contributed by atoms with Crippen LogP contribution in [0.2, 0.25) is 0 Å². The van der Waals surface area contributed by atoms with Crippen LogP contribution in [0.5, 0.6) is 0 Å². The van der Waals surface area contributed by atoms with Crippen molar-refractivity contribution in [2.75, 3.05) is 5.73 Å². The van der Waals surface area contributed by atoms with E-state index in [0.29, 0.717) is 0 Å². The number of rotatable bonds is 0. The van der Waals surface area contributed by atoms with Crippen LogP contribution >= 0.6 is 0 Å². The van der Waals surface area contributed by atoms with Gasteiger partial charge in [-0.3, -0.25) is 4.99 Å². The monoisotopic (exact) mass is 174 g/mol. The summed E-state index contributed by atoms with van der Waals surface area (Å²) in [7, 11) is 0. The standard InChI is InChI=1S/C11H14N2/c1-11(2)6-9-8(7-13-11)4-3-5-10(9)12/h3-5,7H,6,12H2,1-2H3. The van der Waals surface area contributed by atoms with Gasteiger partial charge in [0.15, 0.2) is 0 Å². The highest BCUT2D eigenvalue weighted by atomic mass is 14.8. The van der Waals surface area contributed by atoms with Crippen LogP contribution in [0.3, 0.4) is 0 Å². The Morgan fingerprint density at radius 2 is 2.15 bits per heavy atom. The Hall–Kier alpha value is -1.31. The van der Waals surface area contributed by atoms with Crippen molar-refractivity contribution in [3.63, 3.8) is 0 Å². The van der Waals surface area contributed by atoms with Gasteiger partial charge in [-0.05, 0) is 37.5 Å². The molecule has 2 rings (SSSR count). The lowest BCUT2D eigenvalue weighted by Crippen LogP contribution is -2.25. The molecule has 2 nitrogen and oxygen atoms in total. The maximum atomic E-state index is 5.90. The zero-order chi connectivity index (χ0) is 9.47. The predicted octanol–water partition coefficient (Wildman–Crippen LogP) is 2.02. The van der Waals surface area contributed by atoms with Gasteiger partial charge >= 0.3 is 0 Å². The Morgan fingerprint density at radius 1 is 1.38 bits per heavy atom. The molecule has 13 heavy (non-hydrogen) atoms. The molecule has 68 valence electrons. The van der Waals surface area contributed by atoms with Crippen molar-refractivity contribution in [3.8, 4) is 0 Å². The lowest BCUT2D eigenvalue weighted by Gasteiger charge is -2.25. The van der Waals surface area contributed by atoms with Gasteiger partial charge in [0.1, 0.15) is 0 Å². The number of fused-ring (bicyclic) bond motifs is 1. The molecule has 0 aromatic heterocycles. The van der Waals surface area contributed by atoms with Crippen molar-refractivity contribution < 1.29 is 0 Å². The van der Waals surface area contributed by atoms with Crippen molar-refractivity contribution in [2.45, 2.75) is 25.8 Å². The van der Waals surface area contributed by atoms with Crippen LogP contribution in [0.15, 0.2) is 23.2 Å². The third-order valence-corrected chi connectivity index (χ3v) is 2.41. The summed E-state index contributed by atoms with van der Waals surface area (Å²) in [6, 6.07) is 5.98. The number of nitrogens with two attached hydrogens (primary N) is 1. The second kappa shape index (κ2) is 2.59. The zero-order valence-corrected chi connectivity index (χ0v) is 8.04. The number of anilines is 1. The van der Waals surface area contributed by atoms with Crippen LogP contribution in [-0.4, -0.2) is 11.8 Å². The molecule has 0 amide bonds. The first-order chi connectivity index (χ1) is 6.08. The molecule has 2 heteroatoms. The number of hydrogen-bond donors (Lipinski definition) is 1. The van der Waals surface area contributed by atoms with Gasteiger partial charge in [-0.2, -0.15) is 0 Å². The molecule has 0 saturated heterocycles. The Labute approximate surface area is 78.5 Å². The fourth-order valence-corrected chi connectivity index (χ4v) is 1.67. The Balaban J connectivity index is 2.54. The summed E-state index contributed by atoms with van der Waals surface area (Å²) in [5, 5.41) is 0. The molecule has 0 atom stereocenters. The molecule has 0 fully saturated rings. The van der Waals surface area contributed by atoms with Gasteiger partial charge in [0.2, 0.25) is 0 Å². The summed E-state index contributed by atoms with van der Waals surface area (Å²) >= 11 is 0. The average Bonchev–Trinajstić information content (AvgIpc) is 2.06. The number of nitrogens with zero attached hydrogens (tertiary/aromatic N) is 1. The first-order valence-corrected chi connectivity index (χ1v) is 4.51. The Morgan fingerprint density at radius 3 is 2.92 bits per heavy atom. The minimum absolute atomic E-state index is 0.00245. The predicted molar refractivity (Wildman–Crippen MR) is 56.2 cm³/mol. The molecule has 1 aliphatic rings. The highest BCUT2D eigenvalue weighted by Gasteiger charge is 2.22. The number of nitrogen functional groups attached to an aromatic ring is 1. The Bertz CT molecular complexity index is 364. The van der Waals surface area contributed by atoms with Crippen LogP contribution in [0.1, 0.15) is 25.0 Å². The second-order valence-corrected chi connectivity index (χ2v) is 4.16. The third-order valence-electron chi connectivity index (χ3n) is 2.41. The summed E-state index contributed by atoms with van der Waals surface area (Å²) in [5.74, 6) is 0.